The van der Waals surface area contributed by atoms with Crippen LogP contribution in [0, 0.1) is 0 Å². The summed E-state index contributed by atoms with van der Waals surface area (Å²) < 4.78 is 0. The first-order valence-electron chi connectivity index (χ1n) is 4.55. The summed E-state index contributed by atoms with van der Waals surface area (Å²) in [7, 11) is 0. The van der Waals surface area contributed by atoms with Crippen LogP contribution in [0.15, 0.2) is 11.1 Å². The standard InChI is InChI=1S/C9H9N3OS.ClH/c13-8-7-5-1-2-10-3-6(5)14-9(7)12-4-11-8;/h4,10H,1-3H2,(H,11,12,13);1H. The average Bonchev–Trinajstić information content (AvgIpc) is 2.57. The second-order valence-electron chi connectivity index (χ2n) is 3.34. The highest BCUT2D eigenvalue weighted by molar-refractivity contribution is 7.18. The predicted molar refractivity (Wildman–Crippen MR) is 62.9 cm³/mol. The lowest BCUT2D eigenvalue weighted by molar-refractivity contribution is 0.657. The Bertz CT molecular complexity index is 548. The molecule has 0 atom stereocenters. The molecule has 0 spiro atoms. The number of hydrogen-bond acceptors (Lipinski definition) is 4. The summed E-state index contributed by atoms with van der Waals surface area (Å²) in [5, 5.41) is 4.09. The normalized spacial score (nSPS) is 14.7. The van der Waals surface area contributed by atoms with Crippen LogP contribution in [0.4, 0.5) is 0 Å². The molecule has 0 amide bonds. The number of halogens is 1. The minimum atomic E-state index is -0.00519. The first kappa shape index (κ1) is 10.6. The third-order valence-electron chi connectivity index (χ3n) is 2.51. The van der Waals surface area contributed by atoms with Gasteiger partial charge >= 0.3 is 0 Å². The smallest absolute Gasteiger partial charge is 0.259 e. The molecule has 1 aliphatic rings. The molecular formula is C9H10ClN3OS. The van der Waals surface area contributed by atoms with E-state index in [4.69, 9.17) is 0 Å². The topological polar surface area (TPSA) is 57.8 Å². The van der Waals surface area contributed by atoms with Crippen molar-refractivity contribution >= 4 is 34.0 Å². The lowest BCUT2D eigenvalue weighted by Gasteiger charge is -2.11. The molecule has 0 saturated heterocycles. The van der Waals surface area contributed by atoms with Crippen LogP contribution in [0.25, 0.3) is 10.2 Å². The molecule has 0 radical (unpaired) electrons. The van der Waals surface area contributed by atoms with Crippen molar-refractivity contribution in [2.75, 3.05) is 6.54 Å². The van der Waals surface area contributed by atoms with Gasteiger partial charge < -0.3 is 10.3 Å². The molecule has 0 bridgehead atoms. The zero-order chi connectivity index (χ0) is 9.54. The van der Waals surface area contributed by atoms with E-state index in [0.717, 1.165) is 29.7 Å². The maximum absolute atomic E-state index is 11.6. The lowest BCUT2D eigenvalue weighted by Crippen LogP contribution is -2.22. The van der Waals surface area contributed by atoms with Gasteiger partial charge in [-0.2, -0.15) is 0 Å². The fourth-order valence-electron chi connectivity index (χ4n) is 1.87. The number of hydrogen-bond donors (Lipinski definition) is 2. The number of aromatic amines is 1. The summed E-state index contributed by atoms with van der Waals surface area (Å²) in [4.78, 5) is 20.5. The Morgan fingerprint density at radius 1 is 1.47 bits per heavy atom. The molecule has 80 valence electrons. The van der Waals surface area contributed by atoms with E-state index in [9.17, 15) is 4.79 Å². The molecule has 2 aromatic heterocycles. The Morgan fingerprint density at radius 3 is 3.20 bits per heavy atom. The molecule has 15 heavy (non-hydrogen) atoms. The van der Waals surface area contributed by atoms with E-state index < -0.39 is 0 Å². The summed E-state index contributed by atoms with van der Waals surface area (Å²) >= 11 is 1.62. The zero-order valence-corrected chi connectivity index (χ0v) is 9.50. The second kappa shape index (κ2) is 3.92. The number of fused-ring (bicyclic) bond motifs is 3. The molecule has 0 saturated carbocycles. The molecule has 0 fully saturated rings. The van der Waals surface area contributed by atoms with Crippen LogP contribution in [0.5, 0.6) is 0 Å². The number of rotatable bonds is 0. The van der Waals surface area contributed by atoms with Crippen molar-refractivity contribution in [1.82, 2.24) is 15.3 Å². The van der Waals surface area contributed by atoms with Gasteiger partial charge in [-0.1, -0.05) is 0 Å². The van der Waals surface area contributed by atoms with Crippen LogP contribution in [0.1, 0.15) is 10.4 Å². The van der Waals surface area contributed by atoms with Crippen LogP contribution in [0.3, 0.4) is 0 Å². The molecule has 0 unspecified atom stereocenters. The van der Waals surface area contributed by atoms with Crippen LogP contribution in [-0.2, 0) is 13.0 Å². The lowest BCUT2D eigenvalue weighted by atomic mass is 10.1. The molecule has 3 heterocycles. The molecule has 3 rings (SSSR count). The highest BCUT2D eigenvalue weighted by Gasteiger charge is 2.17. The van der Waals surface area contributed by atoms with Gasteiger partial charge in [-0.3, -0.25) is 4.79 Å². The van der Waals surface area contributed by atoms with Crippen molar-refractivity contribution in [2.24, 2.45) is 0 Å². The van der Waals surface area contributed by atoms with E-state index in [1.54, 1.807) is 11.3 Å². The van der Waals surface area contributed by atoms with E-state index in [2.05, 4.69) is 15.3 Å². The Hall–Kier alpha value is -0.910. The molecule has 1 aliphatic heterocycles. The van der Waals surface area contributed by atoms with Crippen LogP contribution in [-0.4, -0.2) is 16.5 Å². The number of H-pyrrole nitrogens is 1. The van der Waals surface area contributed by atoms with E-state index in [-0.39, 0.29) is 18.0 Å². The number of thiophene rings is 1. The highest BCUT2D eigenvalue weighted by Crippen LogP contribution is 2.29. The predicted octanol–water partition coefficient (Wildman–Crippen LogP) is 1.05. The van der Waals surface area contributed by atoms with Crippen molar-refractivity contribution in [1.29, 1.82) is 0 Å². The van der Waals surface area contributed by atoms with Gasteiger partial charge in [0.25, 0.3) is 5.56 Å². The minimum absolute atomic E-state index is 0. The summed E-state index contributed by atoms with van der Waals surface area (Å²) in [6.45, 7) is 1.82. The SMILES string of the molecule is Cl.O=c1[nH]cnc2sc3c(c12)CCNC3. The van der Waals surface area contributed by atoms with Gasteiger partial charge in [0.05, 0.1) is 11.7 Å². The maximum atomic E-state index is 11.6. The monoisotopic (exact) mass is 243 g/mol. The number of nitrogens with one attached hydrogen (secondary N) is 2. The molecule has 2 N–H and O–H groups in total. The van der Waals surface area contributed by atoms with Gasteiger partial charge in [0.15, 0.2) is 0 Å². The van der Waals surface area contributed by atoms with Crippen molar-refractivity contribution in [3.05, 3.63) is 27.1 Å². The average molecular weight is 244 g/mol. The van der Waals surface area contributed by atoms with Gasteiger partial charge in [-0.05, 0) is 18.5 Å². The van der Waals surface area contributed by atoms with E-state index in [1.165, 1.54) is 16.8 Å². The summed E-state index contributed by atoms with van der Waals surface area (Å²) in [5.74, 6) is 0. The van der Waals surface area contributed by atoms with E-state index in [0.29, 0.717) is 0 Å². The molecule has 0 aromatic carbocycles. The fraction of sp³-hybridized carbons (Fsp3) is 0.333. The number of nitrogens with zero attached hydrogens (tertiary/aromatic N) is 1. The van der Waals surface area contributed by atoms with Crippen LogP contribution in [0.2, 0.25) is 0 Å². The van der Waals surface area contributed by atoms with Gasteiger partial charge in [0, 0.05) is 11.4 Å². The van der Waals surface area contributed by atoms with Crippen LogP contribution >= 0.6 is 23.7 Å². The van der Waals surface area contributed by atoms with Crippen molar-refractivity contribution in [3.63, 3.8) is 0 Å². The van der Waals surface area contributed by atoms with Gasteiger partial charge in [-0.25, -0.2) is 4.98 Å². The largest absolute Gasteiger partial charge is 0.313 e. The summed E-state index contributed by atoms with van der Waals surface area (Å²) in [6.07, 6.45) is 2.41. The molecular weight excluding hydrogens is 234 g/mol. The zero-order valence-electron chi connectivity index (χ0n) is 7.87. The van der Waals surface area contributed by atoms with Crippen LogP contribution < -0.4 is 10.9 Å². The van der Waals surface area contributed by atoms with Crippen molar-refractivity contribution in [2.45, 2.75) is 13.0 Å². The molecule has 4 nitrogen and oxygen atoms in total. The number of aromatic nitrogens is 2. The summed E-state index contributed by atoms with van der Waals surface area (Å²) in [5.41, 5.74) is 1.19. The second-order valence-corrected chi connectivity index (χ2v) is 4.43. The maximum Gasteiger partial charge on any atom is 0.259 e. The summed E-state index contributed by atoms with van der Waals surface area (Å²) in [6, 6.07) is 0. The third kappa shape index (κ3) is 1.56. The first-order valence-corrected chi connectivity index (χ1v) is 5.36. The Labute approximate surface area is 96.1 Å². The van der Waals surface area contributed by atoms with Gasteiger partial charge in [0.2, 0.25) is 0 Å². The van der Waals surface area contributed by atoms with Gasteiger partial charge in [0.1, 0.15) is 4.83 Å². The van der Waals surface area contributed by atoms with Crippen molar-refractivity contribution in [3.8, 4) is 0 Å². The fourth-order valence-corrected chi connectivity index (χ4v) is 3.03. The Balaban J connectivity index is 0.000000853. The van der Waals surface area contributed by atoms with Crippen molar-refractivity contribution < 1.29 is 0 Å². The molecule has 2 aromatic rings. The Kier molecular flexibility index (Phi) is 2.77. The third-order valence-corrected chi connectivity index (χ3v) is 3.65. The highest BCUT2D eigenvalue weighted by atomic mass is 35.5. The minimum Gasteiger partial charge on any atom is -0.313 e. The van der Waals surface area contributed by atoms with E-state index >= 15 is 0 Å². The van der Waals surface area contributed by atoms with E-state index in [1.807, 2.05) is 0 Å². The molecule has 6 heteroatoms. The Morgan fingerprint density at radius 2 is 2.33 bits per heavy atom. The molecule has 0 aliphatic carbocycles. The first-order chi connectivity index (χ1) is 6.86. The quantitative estimate of drug-likeness (QED) is 0.727. The van der Waals surface area contributed by atoms with Gasteiger partial charge in [-0.15, -0.1) is 23.7 Å².